The molecule has 114 valence electrons. The zero-order valence-corrected chi connectivity index (χ0v) is 13.1. The van der Waals surface area contributed by atoms with E-state index in [0.29, 0.717) is 12.6 Å². The van der Waals surface area contributed by atoms with Crippen molar-refractivity contribution in [1.82, 2.24) is 10.2 Å². The van der Waals surface area contributed by atoms with Crippen molar-refractivity contribution in [3.63, 3.8) is 0 Å². The number of benzene rings is 1. The molecule has 3 unspecified atom stereocenters. The Hall–Kier alpha value is -1.35. The number of rotatable bonds is 3. The number of nitrogens with zero attached hydrogens (tertiary/aromatic N) is 1. The second-order valence-electron chi connectivity index (χ2n) is 6.54. The predicted molar refractivity (Wildman–Crippen MR) is 84.8 cm³/mol. The molecular formula is C18H26N2O. The second-order valence-corrected chi connectivity index (χ2v) is 6.54. The minimum absolute atomic E-state index is 0.0688. The molecule has 0 spiro atoms. The first-order valence-electron chi connectivity index (χ1n) is 8.30. The average Bonchev–Trinajstić information content (AvgIpc) is 2.89. The fourth-order valence-corrected chi connectivity index (χ4v) is 3.97. The quantitative estimate of drug-likeness (QED) is 0.923. The maximum atomic E-state index is 12.4. The molecule has 1 aliphatic carbocycles. The van der Waals surface area contributed by atoms with E-state index in [9.17, 15) is 4.79 Å². The van der Waals surface area contributed by atoms with E-state index >= 15 is 0 Å². The lowest BCUT2D eigenvalue weighted by molar-refractivity contribution is -0.131. The van der Waals surface area contributed by atoms with Gasteiger partial charge in [0.25, 0.3) is 0 Å². The zero-order valence-electron chi connectivity index (χ0n) is 13.1. The standard InChI is InChI=1S/C18H26N2O/c1-3-14-8-6-9-15(11-14)20-17(21)12-19-18(20)16-10-5-4-7-13(16)2/h4-5,7,10,14-15,18-19H,3,6,8-9,11-12H2,1-2H3. The highest BCUT2D eigenvalue weighted by Crippen LogP contribution is 2.35. The Bertz CT molecular complexity index is 514. The first-order valence-corrected chi connectivity index (χ1v) is 8.30. The van der Waals surface area contributed by atoms with Crippen molar-refractivity contribution in [2.75, 3.05) is 6.54 Å². The molecule has 1 aromatic carbocycles. The van der Waals surface area contributed by atoms with E-state index in [-0.39, 0.29) is 12.1 Å². The minimum atomic E-state index is 0.0688. The van der Waals surface area contributed by atoms with Gasteiger partial charge >= 0.3 is 0 Å². The van der Waals surface area contributed by atoms with Gasteiger partial charge in [-0.25, -0.2) is 0 Å². The molecule has 2 aliphatic rings. The number of carbonyl (C=O) groups excluding carboxylic acids is 1. The number of carbonyl (C=O) groups is 1. The summed E-state index contributed by atoms with van der Waals surface area (Å²) in [4.78, 5) is 14.6. The minimum Gasteiger partial charge on any atom is -0.319 e. The summed E-state index contributed by atoms with van der Waals surface area (Å²) in [5.74, 6) is 1.06. The van der Waals surface area contributed by atoms with Crippen LogP contribution in [0.1, 0.15) is 56.3 Å². The van der Waals surface area contributed by atoms with Crippen LogP contribution in [0.15, 0.2) is 24.3 Å². The van der Waals surface area contributed by atoms with Gasteiger partial charge < -0.3 is 4.90 Å². The normalized spacial score (nSPS) is 29.9. The van der Waals surface area contributed by atoms with E-state index in [4.69, 9.17) is 0 Å². The molecule has 1 saturated heterocycles. The van der Waals surface area contributed by atoms with Gasteiger partial charge in [0.05, 0.1) is 6.54 Å². The molecule has 3 atom stereocenters. The summed E-state index contributed by atoms with van der Waals surface area (Å²) >= 11 is 0. The molecule has 1 saturated carbocycles. The van der Waals surface area contributed by atoms with Crippen LogP contribution in [0, 0.1) is 12.8 Å². The Balaban J connectivity index is 1.84. The molecule has 1 aromatic rings. The van der Waals surface area contributed by atoms with Crippen molar-refractivity contribution in [2.24, 2.45) is 5.92 Å². The van der Waals surface area contributed by atoms with E-state index in [0.717, 1.165) is 12.3 Å². The highest BCUT2D eigenvalue weighted by atomic mass is 16.2. The van der Waals surface area contributed by atoms with Crippen LogP contribution in [0.2, 0.25) is 0 Å². The Morgan fingerprint density at radius 3 is 2.86 bits per heavy atom. The van der Waals surface area contributed by atoms with Gasteiger partial charge in [-0.2, -0.15) is 0 Å². The molecule has 1 N–H and O–H groups in total. The molecule has 2 fully saturated rings. The van der Waals surface area contributed by atoms with Gasteiger partial charge in [-0.05, 0) is 36.8 Å². The van der Waals surface area contributed by atoms with Crippen LogP contribution in [0.5, 0.6) is 0 Å². The van der Waals surface area contributed by atoms with Crippen molar-refractivity contribution in [3.05, 3.63) is 35.4 Å². The van der Waals surface area contributed by atoms with E-state index in [1.165, 1.54) is 36.8 Å². The molecule has 3 rings (SSSR count). The fourth-order valence-electron chi connectivity index (χ4n) is 3.97. The van der Waals surface area contributed by atoms with Crippen LogP contribution in [0.4, 0.5) is 0 Å². The van der Waals surface area contributed by atoms with Crippen molar-refractivity contribution >= 4 is 5.91 Å². The molecule has 1 heterocycles. The number of hydrogen-bond donors (Lipinski definition) is 1. The van der Waals surface area contributed by atoms with Gasteiger partial charge in [0.15, 0.2) is 0 Å². The third kappa shape index (κ3) is 2.84. The van der Waals surface area contributed by atoms with E-state index in [1.807, 2.05) is 0 Å². The molecule has 0 aromatic heterocycles. The lowest BCUT2D eigenvalue weighted by atomic mass is 9.83. The lowest BCUT2D eigenvalue weighted by Gasteiger charge is -2.38. The molecular weight excluding hydrogens is 260 g/mol. The Morgan fingerprint density at radius 2 is 2.10 bits per heavy atom. The lowest BCUT2D eigenvalue weighted by Crippen LogP contribution is -2.42. The second kappa shape index (κ2) is 6.18. The van der Waals surface area contributed by atoms with Gasteiger partial charge in [0.1, 0.15) is 6.17 Å². The van der Waals surface area contributed by atoms with Crippen LogP contribution in [-0.2, 0) is 4.79 Å². The van der Waals surface area contributed by atoms with Crippen LogP contribution < -0.4 is 5.32 Å². The van der Waals surface area contributed by atoms with Gasteiger partial charge in [0.2, 0.25) is 5.91 Å². The monoisotopic (exact) mass is 286 g/mol. The molecule has 3 heteroatoms. The van der Waals surface area contributed by atoms with Crippen molar-refractivity contribution < 1.29 is 4.79 Å². The SMILES string of the molecule is CCC1CCCC(N2C(=O)CNC2c2ccccc2C)C1. The molecule has 0 bridgehead atoms. The topological polar surface area (TPSA) is 32.3 Å². The Morgan fingerprint density at radius 1 is 1.29 bits per heavy atom. The largest absolute Gasteiger partial charge is 0.319 e. The Kier molecular flexibility index (Phi) is 4.29. The average molecular weight is 286 g/mol. The molecule has 3 nitrogen and oxygen atoms in total. The fraction of sp³-hybridized carbons (Fsp3) is 0.611. The van der Waals surface area contributed by atoms with E-state index in [2.05, 4.69) is 48.3 Å². The van der Waals surface area contributed by atoms with Crippen LogP contribution in [0.25, 0.3) is 0 Å². The van der Waals surface area contributed by atoms with E-state index in [1.54, 1.807) is 0 Å². The summed E-state index contributed by atoms with van der Waals surface area (Å²) in [6, 6.07) is 8.83. The summed E-state index contributed by atoms with van der Waals surface area (Å²) in [7, 11) is 0. The Labute approximate surface area is 127 Å². The van der Waals surface area contributed by atoms with Crippen LogP contribution in [0.3, 0.4) is 0 Å². The van der Waals surface area contributed by atoms with Gasteiger partial charge in [-0.1, -0.05) is 50.5 Å². The number of hydrogen-bond acceptors (Lipinski definition) is 2. The van der Waals surface area contributed by atoms with Crippen molar-refractivity contribution in [1.29, 1.82) is 0 Å². The van der Waals surface area contributed by atoms with Crippen molar-refractivity contribution in [3.8, 4) is 0 Å². The third-order valence-corrected chi connectivity index (χ3v) is 5.22. The van der Waals surface area contributed by atoms with Gasteiger partial charge in [0, 0.05) is 6.04 Å². The molecule has 21 heavy (non-hydrogen) atoms. The summed E-state index contributed by atoms with van der Waals surface area (Å²) in [6.45, 7) is 4.88. The summed E-state index contributed by atoms with van der Waals surface area (Å²) in [5, 5.41) is 3.42. The smallest absolute Gasteiger partial charge is 0.238 e. The predicted octanol–water partition coefficient (Wildman–Crippen LogP) is 3.39. The first kappa shape index (κ1) is 14.6. The number of amides is 1. The number of nitrogens with one attached hydrogen (secondary N) is 1. The maximum Gasteiger partial charge on any atom is 0.238 e. The van der Waals surface area contributed by atoms with Gasteiger partial charge in [-0.3, -0.25) is 10.1 Å². The zero-order chi connectivity index (χ0) is 14.8. The summed E-state index contributed by atoms with van der Waals surface area (Å²) in [6.07, 6.45) is 6.23. The molecule has 1 amide bonds. The number of aryl methyl sites for hydroxylation is 1. The first-order chi connectivity index (χ1) is 10.2. The highest BCUT2D eigenvalue weighted by Gasteiger charge is 2.38. The van der Waals surface area contributed by atoms with Crippen molar-refractivity contribution in [2.45, 2.75) is 58.2 Å². The summed E-state index contributed by atoms with van der Waals surface area (Å²) < 4.78 is 0. The van der Waals surface area contributed by atoms with Crippen LogP contribution in [-0.4, -0.2) is 23.4 Å². The molecule has 0 radical (unpaired) electrons. The van der Waals surface area contributed by atoms with E-state index < -0.39 is 0 Å². The summed E-state index contributed by atoms with van der Waals surface area (Å²) in [5.41, 5.74) is 2.51. The highest BCUT2D eigenvalue weighted by molar-refractivity contribution is 5.81. The maximum absolute atomic E-state index is 12.4. The van der Waals surface area contributed by atoms with Gasteiger partial charge in [-0.15, -0.1) is 0 Å². The third-order valence-electron chi connectivity index (χ3n) is 5.22. The van der Waals surface area contributed by atoms with Crippen LogP contribution >= 0.6 is 0 Å². The molecule has 1 aliphatic heterocycles.